The van der Waals surface area contributed by atoms with Gasteiger partial charge >= 0.3 is 0 Å². The summed E-state index contributed by atoms with van der Waals surface area (Å²) >= 11 is 0. The smallest absolute Gasteiger partial charge is 0.257 e. The van der Waals surface area contributed by atoms with Crippen LogP contribution in [0, 0.1) is 0 Å². The summed E-state index contributed by atoms with van der Waals surface area (Å²) in [5, 5.41) is 3.96. The third kappa shape index (κ3) is 3.17. The second kappa shape index (κ2) is 5.78. The second-order valence-corrected chi connectivity index (χ2v) is 4.80. The normalized spacial score (nSPS) is 18.9. The predicted octanol–water partition coefficient (Wildman–Crippen LogP) is 1.77. The van der Waals surface area contributed by atoms with Crippen LogP contribution >= 0.6 is 0 Å². The van der Waals surface area contributed by atoms with Gasteiger partial charge < -0.3 is 0 Å². The van der Waals surface area contributed by atoms with E-state index in [1.54, 1.807) is 0 Å². The number of rotatable bonds is 4. The summed E-state index contributed by atoms with van der Waals surface area (Å²) in [6, 6.07) is 10.2. The third-order valence-electron chi connectivity index (χ3n) is 3.05. The number of amides is 1. The molecule has 1 saturated heterocycles. The van der Waals surface area contributed by atoms with E-state index in [-0.39, 0.29) is 11.9 Å². The molecular weight excluding hydrogens is 226 g/mol. The van der Waals surface area contributed by atoms with Crippen LogP contribution in [-0.2, 0) is 11.3 Å². The van der Waals surface area contributed by atoms with E-state index in [0.717, 1.165) is 25.2 Å². The van der Waals surface area contributed by atoms with E-state index in [1.165, 1.54) is 5.56 Å². The van der Waals surface area contributed by atoms with Crippen LogP contribution in [0.3, 0.4) is 0 Å². The molecule has 0 radical (unpaired) electrons. The molecule has 0 aromatic heterocycles. The molecule has 0 saturated carbocycles. The lowest BCUT2D eigenvalue weighted by molar-refractivity contribution is -0.131. The summed E-state index contributed by atoms with van der Waals surface area (Å²) in [5.41, 5.74) is 4.71. The molecule has 1 heterocycles. The Labute approximate surface area is 108 Å². The zero-order valence-corrected chi connectivity index (χ0v) is 10.9. The van der Waals surface area contributed by atoms with Crippen molar-refractivity contribution in [3.05, 3.63) is 35.9 Å². The van der Waals surface area contributed by atoms with Gasteiger partial charge in [-0.15, -0.1) is 0 Å². The molecule has 1 amide bonds. The highest BCUT2D eigenvalue weighted by atomic mass is 16.2. The maximum atomic E-state index is 11.9. The standard InChI is InChI=1S/C14H19N3O/c1-11(2)15-16-14(18)13-8-9-17(13)10-12-6-4-3-5-7-12/h3-7,13H,8-10H2,1-2H3,(H,16,18)/t13-/m1/s1. The second-order valence-electron chi connectivity index (χ2n) is 4.80. The molecule has 18 heavy (non-hydrogen) atoms. The maximum absolute atomic E-state index is 11.9. The van der Waals surface area contributed by atoms with E-state index in [1.807, 2.05) is 32.0 Å². The SMILES string of the molecule is CC(C)=NNC(=O)[C@H]1CCN1Cc1ccccc1. The number of hydrogen-bond donors (Lipinski definition) is 1. The Balaban J connectivity index is 1.88. The molecule has 1 aromatic carbocycles. The topological polar surface area (TPSA) is 44.7 Å². The van der Waals surface area contributed by atoms with Crippen molar-refractivity contribution in [1.29, 1.82) is 0 Å². The molecule has 4 heteroatoms. The lowest BCUT2D eigenvalue weighted by Gasteiger charge is -2.39. The Morgan fingerprint density at radius 1 is 1.39 bits per heavy atom. The van der Waals surface area contributed by atoms with E-state index >= 15 is 0 Å². The van der Waals surface area contributed by atoms with Crippen LogP contribution in [0.25, 0.3) is 0 Å². The number of likely N-dealkylation sites (tertiary alicyclic amines) is 1. The van der Waals surface area contributed by atoms with Crippen LogP contribution in [-0.4, -0.2) is 29.1 Å². The summed E-state index contributed by atoms with van der Waals surface area (Å²) < 4.78 is 0. The predicted molar refractivity (Wildman–Crippen MR) is 72.2 cm³/mol. The van der Waals surface area contributed by atoms with Gasteiger partial charge in [0.1, 0.15) is 0 Å². The number of hydrogen-bond acceptors (Lipinski definition) is 3. The number of nitrogens with zero attached hydrogens (tertiary/aromatic N) is 2. The number of carbonyl (C=O) groups is 1. The molecule has 1 aliphatic heterocycles. The van der Waals surface area contributed by atoms with Crippen molar-refractivity contribution in [2.45, 2.75) is 32.9 Å². The Bertz CT molecular complexity index is 438. The van der Waals surface area contributed by atoms with Crippen LogP contribution in [0.2, 0.25) is 0 Å². The number of hydrazone groups is 1. The largest absolute Gasteiger partial charge is 0.287 e. The average Bonchev–Trinajstić information content (AvgIpc) is 2.33. The van der Waals surface area contributed by atoms with Gasteiger partial charge in [-0.1, -0.05) is 30.3 Å². The first-order valence-corrected chi connectivity index (χ1v) is 6.25. The van der Waals surface area contributed by atoms with Crippen molar-refractivity contribution in [2.75, 3.05) is 6.54 Å². The molecule has 1 aromatic rings. The van der Waals surface area contributed by atoms with Crippen LogP contribution in [0.1, 0.15) is 25.8 Å². The summed E-state index contributed by atoms with van der Waals surface area (Å²) in [6.45, 7) is 5.53. The van der Waals surface area contributed by atoms with Crippen molar-refractivity contribution < 1.29 is 4.79 Å². The summed E-state index contributed by atoms with van der Waals surface area (Å²) in [4.78, 5) is 14.0. The molecule has 0 unspecified atom stereocenters. The fourth-order valence-electron chi connectivity index (χ4n) is 1.99. The Hall–Kier alpha value is -1.68. The van der Waals surface area contributed by atoms with Crippen molar-refractivity contribution in [3.63, 3.8) is 0 Å². The minimum absolute atomic E-state index is 0.00150. The summed E-state index contributed by atoms with van der Waals surface area (Å²) in [7, 11) is 0. The first kappa shape index (κ1) is 12.8. The zero-order valence-electron chi connectivity index (χ0n) is 10.9. The van der Waals surface area contributed by atoms with E-state index < -0.39 is 0 Å². The first-order valence-electron chi connectivity index (χ1n) is 6.25. The average molecular weight is 245 g/mol. The molecule has 96 valence electrons. The van der Waals surface area contributed by atoms with Crippen LogP contribution in [0.5, 0.6) is 0 Å². The fraction of sp³-hybridized carbons (Fsp3) is 0.429. The molecule has 0 bridgehead atoms. The van der Waals surface area contributed by atoms with Gasteiger partial charge in [-0.05, 0) is 25.8 Å². The first-order chi connectivity index (χ1) is 8.66. The molecule has 1 atom stereocenters. The number of benzene rings is 1. The van der Waals surface area contributed by atoms with Crippen LogP contribution in [0.4, 0.5) is 0 Å². The van der Waals surface area contributed by atoms with E-state index in [2.05, 4.69) is 27.6 Å². The van der Waals surface area contributed by atoms with E-state index in [4.69, 9.17) is 0 Å². The van der Waals surface area contributed by atoms with Gasteiger partial charge in [0, 0.05) is 18.8 Å². The molecule has 1 fully saturated rings. The third-order valence-corrected chi connectivity index (χ3v) is 3.05. The zero-order chi connectivity index (χ0) is 13.0. The minimum atomic E-state index is -0.0340. The molecule has 0 aliphatic carbocycles. The highest BCUT2D eigenvalue weighted by Gasteiger charge is 2.33. The summed E-state index contributed by atoms with van der Waals surface area (Å²) in [6.07, 6.45) is 0.914. The van der Waals surface area contributed by atoms with Crippen molar-refractivity contribution in [1.82, 2.24) is 10.3 Å². The van der Waals surface area contributed by atoms with Gasteiger partial charge in [-0.3, -0.25) is 9.69 Å². The number of carbonyl (C=O) groups excluding carboxylic acids is 1. The highest BCUT2D eigenvalue weighted by Crippen LogP contribution is 2.20. The quantitative estimate of drug-likeness (QED) is 0.649. The summed E-state index contributed by atoms with van der Waals surface area (Å²) in [5.74, 6) is -0.00150. The Morgan fingerprint density at radius 3 is 2.67 bits per heavy atom. The lowest BCUT2D eigenvalue weighted by atomic mass is 10.0. The van der Waals surface area contributed by atoms with Crippen LogP contribution in [0.15, 0.2) is 35.4 Å². The molecule has 1 aliphatic rings. The minimum Gasteiger partial charge on any atom is -0.287 e. The Morgan fingerprint density at radius 2 is 2.11 bits per heavy atom. The van der Waals surface area contributed by atoms with Gasteiger partial charge in [-0.2, -0.15) is 5.10 Å². The highest BCUT2D eigenvalue weighted by molar-refractivity contribution is 5.85. The Kier molecular flexibility index (Phi) is 4.10. The van der Waals surface area contributed by atoms with Crippen molar-refractivity contribution in [2.24, 2.45) is 5.10 Å². The molecule has 0 spiro atoms. The van der Waals surface area contributed by atoms with E-state index in [9.17, 15) is 4.79 Å². The van der Waals surface area contributed by atoms with Gasteiger partial charge in [0.15, 0.2) is 0 Å². The van der Waals surface area contributed by atoms with Crippen molar-refractivity contribution >= 4 is 11.6 Å². The van der Waals surface area contributed by atoms with Gasteiger partial charge in [0.05, 0.1) is 6.04 Å². The van der Waals surface area contributed by atoms with Crippen molar-refractivity contribution in [3.8, 4) is 0 Å². The lowest BCUT2D eigenvalue weighted by Crippen LogP contribution is -2.54. The number of nitrogens with one attached hydrogen (secondary N) is 1. The van der Waals surface area contributed by atoms with Gasteiger partial charge in [0.2, 0.25) is 0 Å². The van der Waals surface area contributed by atoms with Gasteiger partial charge in [0.25, 0.3) is 5.91 Å². The molecule has 2 rings (SSSR count). The van der Waals surface area contributed by atoms with Gasteiger partial charge in [-0.25, -0.2) is 5.43 Å². The van der Waals surface area contributed by atoms with E-state index in [0.29, 0.717) is 0 Å². The molecule has 1 N–H and O–H groups in total. The molecule has 4 nitrogen and oxygen atoms in total. The monoisotopic (exact) mass is 245 g/mol. The maximum Gasteiger partial charge on any atom is 0.257 e. The molecular formula is C14H19N3O. The fourth-order valence-corrected chi connectivity index (χ4v) is 1.99. The van der Waals surface area contributed by atoms with Crippen LogP contribution < -0.4 is 5.43 Å².